The maximum absolute atomic E-state index is 12.5. The Kier molecular flexibility index (Phi) is 6.00. The number of ether oxygens (including phenoxy) is 1. The molecule has 2 N–H and O–H groups in total. The first-order chi connectivity index (χ1) is 15.0. The number of hydrogen-bond donors (Lipinski definition) is 2. The topological polar surface area (TPSA) is 75.6 Å². The summed E-state index contributed by atoms with van der Waals surface area (Å²) in [6, 6.07) is 25.6. The maximum Gasteiger partial charge on any atom is 0.408 e. The van der Waals surface area contributed by atoms with Crippen LogP contribution in [0.3, 0.4) is 0 Å². The van der Waals surface area contributed by atoms with E-state index in [2.05, 4.69) is 17.4 Å². The van der Waals surface area contributed by atoms with E-state index in [0.717, 1.165) is 27.1 Å². The molecule has 1 amide bonds. The van der Waals surface area contributed by atoms with Crippen molar-refractivity contribution in [2.75, 3.05) is 12.4 Å². The molecule has 31 heavy (non-hydrogen) atoms. The largest absolute Gasteiger partial charge is 0.479 e. The SMILES string of the molecule is CC(CSc1ccccc1)(NC(=O)OCC1c2ccccc2-c2ccccc21)C(=O)O. The number of aliphatic carboxylic acids is 1. The fourth-order valence-corrected chi connectivity index (χ4v) is 4.76. The summed E-state index contributed by atoms with van der Waals surface area (Å²) in [5.74, 6) is -1.01. The number of thioether (sulfide) groups is 1. The number of rotatable bonds is 7. The van der Waals surface area contributed by atoms with Crippen molar-refractivity contribution >= 4 is 23.8 Å². The van der Waals surface area contributed by atoms with Crippen LogP contribution in [-0.2, 0) is 9.53 Å². The van der Waals surface area contributed by atoms with Crippen LogP contribution in [0, 0.1) is 0 Å². The molecule has 0 saturated carbocycles. The summed E-state index contributed by atoms with van der Waals surface area (Å²) in [5.41, 5.74) is 3.04. The molecule has 3 aromatic carbocycles. The second-order valence-electron chi connectivity index (χ2n) is 7.69. The Hall–Kier alpha value is -3.25. The highest BCUT2D eigenvalue weighted by Crippen LogP contribution is 2.44. The first-order valence-corrected chi connectivity index (χ1v) is 11.0. The predicted molar refractivity (Wildman–Crippen MR) is 121 cm³/mol. The number of amides is 1. The zero-order chi connectivity index (χ0) is 21.8. The molecule has 1 atom stereocenters. The number of alkyl carbamates (subject to hydrolysis) is 1. The number of hydrogen-bond acceptors (Lipinski definition) is 4. The monoisotopic (exact) mass is 433 g/mol. The average molecular weight is 434 g/mol. The average Bonchev–Trinajstić information content (AvgIpc) is 3.11. The number of carboxylic acid groups (broad SMARTS) is 1. The predicted octanol–water partition coefficient (Wildman–Crippen LogP) is 5.16. The molecule has 0 fully saturated rings. The van der Waals surface area contributed by atoms with E-state index < -0.39 is 17.6 Å². The van der Waals surface area contributed by atoms with Crippen LogP contribution in [0.1, 0.15) is 24.0 Å². The third-order valence-corrected chi connectivity index (χ3v) is 6.79. The summed E-state index contributed by atoms with van der Waals surface area (Å²) in [4.78, 5) is 25.4. The molecule has 0 aliphatic heterocycles. The molecule has 0 saturated heterocycles. The third kappa shape index (κ3) is 4.44. The summed E-state index contributed by atoms with van der Waals surface area (Å²) in [6.45, 7) is 1.63. The first kappa shape index (κ1) is 21.0. The van der Waals surface area contributed by atoms with Crippen LogP contribution in [0.5, 0.6) is 0 Å². The third-order valence-electron chi connectivity index (χ3n) is 5.46. The van der Waals surface area contributed by atoms with Gasteiger partial charge >= 0.3 is 12.1 Å². The molecule has 0 spiro atoms. The van der Waals surface area contributed by atoms with Crippen LogP contribution in [0.4, 0.5) is 4.79 Å². The van der Waals surface area contributed by atoms with Gasteiger partial charge in [0.25, 0.3) is 0 Å². The Morgan fingerprint density at radius 1 is 0.935 bits per heavy atom. The second-order valence-corrected chi connectivity index (χ2v) is 8.74. The molecule has 0 heterocycles. The van der Waals surface area contributed by atoms with Gasteiger partial charge in [0.1, 0.15) is 12.1 Å². The minimum atomic E-state index is -1.46. The van der Waals surface area contributed by atoms with E-state index in [4.69, 9.17) is 4.74 Å². The summed E-state index contributed by atoms with van der Waals surface area (Å²) < 4.78 is 5.51. The Morgan fingerprint density at radius 2 is 1.48 bits per heavy atom. The Labute approximate surface area is 185 Å². The molecule has 1 aliphatic carbocycles. The quantitative estimate of drug-likeness (QED) is 0.504. The molecule has 1 aliphatic rings. The summed E-state index contributed by atoms with van der Waals surface area (Å²) in [7, 11) is 0. The van der Waals surface area contributed by atoms with Crippen molar-refractivity contribution in [3.05, 3.63) is 90.0 Å². The number of nitrogens with one attached hydrogen (secondary N) is 1. The lowest BCUT2D eigenvalue weighted by atomic mass is 9.98. The molecular formula is C25H23NO4S. The molecule has 158 valence electrons. The van der Waals surface area contributed by atoms with E-state index in [1.807, 2.05) is 66.7 Å². The van der Waals surface area contributed by atoms with Gasteiger partial charge < -0.3 is 15.2 Å². The van der Waals surface area contributed by atoms with Crippen LogP contribution in [0.25, 0.3) is 11.1 Å². The molecule has 0 radical (unpaired) electrons. The van der Waals surface area contributed by atoms with Crippen molar-refractivity contribution in [1.82, 2.24) is 5.32 Å². The number of benzene rings is 3. The smallest absolute Gasteiger partial charge is 0.408 e. The lowest BCUT2D eigenvalue weighted by molar-refractivity contribution is -0.142. The van der Waals surface area contributed by atoms with Gasteiger partial charge in [0.05, 0.1) is 0 Å². The number of carbonyl (C=O) groups is 2. The van der Waals surface area contributed by atoms with Crippen LogP contribution in [0.2, 0.25) is 0 Å². The van der Waals surface area contributed by atoms with E-state index in [-0.39, 0.29) is 18.3 Å². The minimum Gasteiger partial charge on any atom is -0.479 e. The van der Waals surface area contributed by atoms with Crippen molar-refractivity contribution in [3.8, 4) is 11.1 Å². The van der Waals surface area contributed by atoms with Gasteiger partial charge in [-0.25, -0.2) is 9.59 Å². The van der Waals surface area contributed by atoms with Crippen LogP contribution in [-0.4, -0.2) is 35.1 Å². The normalized spacial score (nSPS) is 14.2. The summed E-state index contributed by atoms with van der Waals surface area (Å²) in [5, 5.41) is 12.3. The van der Waals surface area contributed by atoms with E-state index in [9.17, 15) is 14.7 Å². The second kappa shape index (κ2) is 8.86. The molecule has 4 rings (SSSR count). The van der Waals surface area contributed by atoms with Crippen molar-refractivity contribution < 1.29 is 19.4 Å². The van der Waals surface area contributed by atoms with Crippen molar-refractivity contribution in [2.45, 2.75) is 23.3 Å². The molecule has 6 heteroatoms. The fourth-order valence-electron chi connectivity index (χ4n) is 3.76. The number of fused-ring (bicyclic) bond motifs is 3. The Balaban J connectivity index is 1.43. The van der Waals surface area contributed by atoms with E-state index in [1.54, 1.807) is 0 Å². The summed E-state index contributed by atoms with van der Waals surface area (Å²) in [6.07, 6.45) is -0.736. The van der Waals surface area contributed by atoms with Gasteiger partial charge in [0.2, 0.25) is 0 Å². The lowest BCUT2D eigenvalue weighted by Gasteiger charge is -2.26. The highest BCUT2D eigenvalue weighted by atomic mass is 32.2. The fraction of sp³-hybridized carbons (Fsp3) is 0.200. The van der Waals surface area contributed by atoms with E-state index in [0.29, 0.717) is 0 Å². The van der Waals surface area contributed by atoms with Gasteiger partial charge in [-0.1, -0.05) is 66.7 Å². The van der Waals surface area contributed by atoms with Gasteiger partial charge in [0, 0.05) is 16.6 Å². The maximum atomic E-state index is 12.5. The van der Waals surface area contributed by atoms with E-state index >= 15 is 0 Å². The number of carbonyl (C=O) groups excluding carboxylic acids is 1. The minimum absolute atomic E-state index is 0.0760. The van der Waals surface area contributed by atoms with Crippen LogP contribution < -0.4 is 5.32 Å². The van der Waals surface area contributed by atoms with Gasteiger partial charge in [-0.3, -0.25) is 0 Å². The highest BCUT2D eigenvalue weighted by Gasteiger charge is 2.36. The zero-order valence-corrected chi connectivity index (χ0v) is 17.9. The Bertz CT molecular complexity index is 1060. The summed E-state index contributed by atoms with van der Waals surface area (Å²) >= 11 is 1.37. The highest BCUT2D eigenvalue weighted by molar-refractivity contribution is 7.99. The van der Waals surface area contributed by atoms with Crippen molar-refractivity contribution in [2.24, 2.45) is 0 Å². The molecule has 0 aromatic heterocycles. The molecular weight excluding hydrogens is 410 g/mol. The van der Waals surface area contributed by atoms with Gasteiger partial charge in [0.15, 0.2) is 0 Å². The standard InChI is InChI=1S/C25H23NO4S/c1-25(23(27)28,16-31-17-9-3-2-4-10-17)26-24(29)30-15-22-20-13-7-5-11-18(20)19-12-6-8-14-21(19)22/h2-14,22H,15-16H2,1H3,(H,26,29)(H,27,28). The lowest BCUT2D eigenvalue weighted by Crippen LogP contribution is -2.54. The van der Waals surface area contributed by atoms with Crippen molar-refractivity contribution in [1.29, 1.82) is 0 Å². The molecule has 3 aromatic rings. The zero-order valence-electron chi connectivity index (χ0n) is 17.1. The van der Waals surface area contributed by atoms with Gasteiger partial charge in [-0.15, -0.1) is 11.8 Å². The van der Waals surface area contributed by atoms with Crippen LogP contribution in [0.15, 0.2) is 83.8 Å². The number of carboxylic acids is 1. The van der Waals surface area contributed by atoms with E-state index in [1.165, 1.54) is 18.7 Å². The molecule has 1 unspecified atom stereocenters. The van der Waals surface area contributed by atoms with Crippen LogP contribution >= 0.6 is 11.8 Å². The van der Waals surface area contributed by atoms with Crippen molar-refractivity contribution in [3.63, 3.8) is 0 Å². The molecule has 5 nitrogen and oxygen atoms in total. The Morgan fingerprint density at radius 3 is 2.06 bits per heavy atom. The first-order valence-electron chi connectivity index (χ1n) is 10.0. The van der Waals surface area contributed by atoms with Gasteiger partial charge in [-0.05, 0) is 41.3 Å². The molecule has 0 bridgehead atoms. The van der Waals surface area contributed by atoms with Gasteiger partial charge in [-0.2, -0.15) is 0 Å².